The van der Waals surface area contributed by atoms with Gasteiger partial charge < -0.3 is 5.11 Å². The SMILES string of the molecule is CCCCCCSc1ccc(-c2csc(C(=O)O)c2)cc1. The number of benzene rings is 1. The first kappa shape index (κ1) is 16.1. The van der Waals surface area contributed by atoms with Crippen molar-refractivity contribution in [3.63, 3.8) is 0 Å². The molecule has 1 N–H and O–H groups in total. The van der Waals surface area contributed by atoms with E-state index in [2.05, 4.69) is 31.2 Å². The lowest BCUT2D eigenvalue weighted by atomic mass is 10.1. The molecule has 0 spiro atoms. The van der Waals surface area contributed by atoms with Gasteiger partial charge in [0, 0.05) is 4.90 Å². The largest absolute Gasteiger partial charge is 0.477 e. The summed E-state index contributed by atoms with van der Waals surface area (Å²) >= 11 is 3.17. The van der Waals surface area contributed by atoms with Gasteiger partial charge in [-0.15, -0.1) is 23.1 Å². The summed E-state index contributed by atoms with van der Waals surface area (Å²) in [6.45, 7) is 2.23. The average molecular weight is 320 g/mol. The fourth-order valence-corrected chi connectivity index (χ4v) is 3.73. The highest BCUT2D eigenvalue weighted by atomic mass is 32.2. The van der Waals surface area contributed by atoms with Crippen molar-refractivity contribution in [2.75, 3.05) is 5.75 Å². The number of unbranched alkanes of at least 4 members (excludes halogenated alkanes) is 3. The number of aromatic carboxylic acids is 1. The zero-order valence-corrected chi connectivity index (χ0v) is 13.8. The number of thiophene rings is 1. The minimum absolute atomic E-state index is 0.388. The van der Waals surface area contributed by atoms with Crippen LogP contribution in [0.1, 0.15) is 42.3 Å². The smallest absolute Gasteiger partial charge is 0.345 e. The summed E-state index contributed by atoms with van der Waals surface area (Å²) < 4.78 is 0. The van der Waals surface area contributed by atoms with E-state index < -0.39 is 5.97 Å². The maximum atomic E-state index is 10.9. The highest BCUT2D eigenvalue weighted by Crippen LogP contribution is 2.28. The standard InChI is InChI=1S/C17H20O2S2/c1-2-3-4-5-10-20-15-8-6-13(7-9-15)14-11-16(17(18)19)21-12-14/h6-9,11-12H,2-5,10H2,1H3,(H,18,19). The Labute approximate surface area is 134 Å². The maximum Gasteiger partial charge on any atom is 0.345 e. The number of hydrogen-bond acceptors (Lipinski definition) is 3. The van der Waals surface area contributed by atoms with Crippen LogP contribution in [0.4, 0.5) is 0 Å². The van der Waals surface area contributed by atoms with Gasteiger partial charge in [0.2, 0.25) is 0 Å². The summed E-state index contributed by atoms with van der Waals surface area (Å²) in [5.74, 6) is 0.312. The molecule has 112 valence electrons. The summed E-state index contributed by atoms with van der Waals surface area (Å²) in [5.41, 5.74) is 2.06. The van der Waals surface area contributed by atoms with E-state index in [1.165, 1.54) is 47.7 Å². The monoisotopic (exact) mass is 320 g/mol. The quantitative estimate of drug-likeness (QED) is 0.494. The van der Waals surface area contributed by atoms with Crippen LogP contribution in [-0.4, -0.2) is 16.8 Å². The molecule has 0 amide bonds. The molecule has 2 aromatic rings. The number of carbonyl (C=O) groups is 1. The van der Waals surface area contributed by atoms with Crippen LogP contribution < -0.4 is 0 Å². The second-order valence-electron chi connectivity index (χ2n) is 4.94. The van der Waals surface area contributed by atoms with Gasteiger partial charge in [-0.2, -0.15) is 0 Å². The van der Waals surface area contributed by atoms with Crippen molar-refractivity contribution in [2.24, 2.45) is 0 Å². The number of rotatable bonds is 8. The van der Waals surface area contributed by atoms with Crippen LogP contribution in [0.15, 0.2) is 40.6 Å². The second kappa shape index (κ2) is 8.25. The zero-order valence-electron chi connectivity index (χ0n) is 12.2. The minimum atomic E-state index is -0.856. The van der Waals surface area contributed by atoms with E-state index in [4.69, 9.17) is 5.11 Å². The lowest BCUT2D eigenvalue weighted by Crippen LogP contribution is -1.89. The molecule has 0 atom stereocenters. The topological polar surface area (TPSA) is 37.3 Å². The molecule has 2 nitrogen and oxygen atoms in total. The Morgan fingerprint density at radius 1 is 1.14 bits per heavy atom. The lowest BCUT2D eigenvalue weighted by Gasteiger charge is -2.03. The Hall–Kier alpha value is -1.26. The van der Waals surface area contributed by atoms with Crippen molar-refractivity contribution in [2.45, 2.75) is 37.5 Å². The second-order valence-corrected chi connectivity index (χ2v) is 7.02. The third kappa shape index (κ3) is 4.90. The summed E-state index contributed by atoms with van der Waals surface area (Å²) in [6, 6.07) is 10.1. The van der Waals surface area contributed by atoms with Crippen molar-refractivity contribution < 1.29 is 9.90 Å². The highest BCUT2D eigenvalue weighted by Gasteiger charge is 2.08. The van der Waals surface area contributed by atoms with E-state index in [9.17, 15) is 4.79 Å². The molecular weight excluding hydrogens is 300 g/mol. The molecule has 1 aromatic heterocycles. The first-order valence-electron chi connectivity index (χ1n) is 7.25. The van der Waals surface area contributed by atoms with Crippen LogP contribution in [0.3, 0.4) is 0 Å². The van der Waals surface area contributed by atoms with Gasteiger partial charge in [0.15, 0.2) is 0 Å². The molecule has 0 fully saturated rings. The first-order valence-corrected chi connectivity index (χ1v) is 9.12. The molecule has 0 aliphatic rings. The number of hydrogen-bond donors (Lipinski definition) is 1. The van der Waals surface area contributed by atoms with Crippen molar-refractivity contribution >= 4 is 29.1 Å². The summed E-state index contributed by atoms with van der Waals surface area (Å²) in [4.78, 5) is 12.6. The Morgan fingerprint density at radius 2 is 1.90 bits per heavy atom. The fourth-order valence-electron chi connectivity index (χ4n) is 2.06. The minimum Gasteiger partial charge on any atom is -0.477 e. The maximum absolute atomic E-state index is 10.9. The van der Waals surface area contributed by atoms with E-state index in [0.717, 1.165) is 11.1 Å². The Kier molecular flexibility index (Phi) is 6.33. The van der Waals surface area contributed by atoms with Gasteiger partial charge in [0.25, 0.3) is 0 Å². The van der Waals surface area contributed by atoms with E-state index in [0.29, 0.717) is 4.88 Å². The van der Waals surface area contributed by atoms with Crippen molar-refractivity contribution in [3.05, 3.63) is 40.6 Å². The van der Waals surface area contributed by atoms with Crippen LogP contribution >= 0.6 is 23.1 Å². The number of carboxylic acid groups (broad SMARTS) is 1. The molecular formula is C17H20O2S2. The van der Waals surface area contributed by atoms with Crippen LogP contribution in [0.25, 0.3) is 11.1 Å². The van der Waals surface area contributed by atoms with Crippen LogP contribution in [0.2, 0.25) is 0 Å². The fraction of sp³-hybridized carbons (Fsp3) is 0.353. The number of thioether (sulfide) groups is 1. The predicted octanol–water partition coefficient (Wildman–Crippen LogP) is 5.79. The first-order chi connectivity index (χ1) is 10.2. The molecule has 21 heavy (non-hydrogen) atoms. The normalized spacial score (nSPS) is 10.7. The van der Waals surface area contributed by atoms with Crippen molar-refractivity contribution in [3.8, 4) is 11.1 Å². The molecule has 0 unspecified atom stereocenters. The molecule has 0 radical (unpaired) electrons. The third-order valence-corrected chi connectivity index (χ3v) is 5.28. The van der Waals surface area contributed by atoms with Crippen LogP contribution in [0, 0.1) is 0 Å². The third-order valence-electron chi connectivity index (χ3n) is 3.26. The average Bonchev–Trinajstić information content (AvgIpc) is 2.98. The molecule has 0 aliphatic carbocycles. The van der Waals surface area contributed by atoms with Crippen molar-refractivity contribution in [1.29, 1.82) is 0 Å². The molecule has 2 rings (SSSR count). The van der Waals surface area contributed by atoms with Gasteiger partial charge in [-0.25, -0.2) is 4.79 Å². The van der Waals surface area contributed by atoms with Gasteiger partial charge in [0.1, 0.15) is 4.88 Å². The molecule has 0 saturated carbocycles. The summed E-state index contributed by atoms with van der Waals surface area (Å²) in [6.07, 6.45) is 5.18. The molecule has 0 bridgehead atoms. The molecule has 4 heteroatoms. The molecule has 0 aliphatic heterocycles. The molecule has 1 heterocycles. The Balaban J connectivity index is 1.90. The van der Waals surface area contributed by atoms with E-state index in [-0.39, 0.29) is 0 Å². The van der Waals surface area contributed by atoms with Gasteiger partial charge >= 0.3 is 5.97 Å². The van der Waals surface area contributed by atoms with Gasteiger partial charge in [0.05, 0.1) is 0 Å². The predicted molar refractivity (Wildman–Crippen MR) is 91.6 cm³/mol. The zero-order chi connectivity index (χ0) is 15.1. The van der Waals surface area contributed by atoms with Gasteiger partial charge in [-0.3, -0.25) is 0 Å². The van der Waals surface area contributed by atoms with E-state index in [1.807, 2.05) is 17.1 Å². The molecule has 0 saturated heterocycles. The van der Waals surface area contributed by atoms with Crippen LogP contribution in [0.5, 0.6) is 0 Å². The number of carboxylic acids is 1. The highest BCUT2D eigenvalue weighted by molar-refractivity contribution is 7.99. The Morgan fingerprint density at radius 3 is 2.52 bits per heavy atom. The summed E-state index contributed by atoms with van der Waals surface area (Å²) in [7, 11) is 0. The van der Waals surface area contributed by atoms with Gasteiger partial charge in [-0.05, 0) is 46.9 Å². The van der Waals surface area contributed by atoms with Crippen LogP contribution in [-0.2, 0) is 0 Å². The van der Waals surface area contributed by atoms with Crippen molar-refractivity contribution in [1.82, 2.24) is 0 Å². The molecule has 1 aromatic carbocycles. The Bertz CT molecular complexity index is 573. The van der Waals surface area contributed by atoms with E-state index >= 15 is 0 Å². The lowest BCUT2D eigenvalue weighted by molar-refractivity contribution is 0.0702. The van der Waals surface area contributed by atoms with E-state index in [1.54, 1.807) is 6.07 Å². The summed E-state index contributed by atoms with van der Waals surface area (Å²) in [5, 5.41) is 10.9. The van der Waals surface area contributed by atoms with Gasteiger partial charge in [-0.1, -0.05) is 38.3 Å².